The molecule has 0 spiro atoms. The standard InChI is InChI=1S/C10H9N3O2S/c11-7-8-1-3-9(4-2-8)12-16-13-5-6-15-10(13)14/h1-4,12H,5-6H2. The van der Waals surface area contributed by atoms with E-state index < -0.39 is 0 Å². The Kier molecular flexibility index (Phi) is 3.17. The maximum Gasteiger partial charge on any atom is 0.421 e. The number of hydrogen-bond donors (Lipinski definition) is 1. The number of hydrogen-bond acceptors (Lipinski definition) is 5. The Morgan fingerprint density at radius 2 is 2.19 bits per heavy atom. The minimum absolute atomic E-state index is 0.328. The minimum Gasteiger partial charge on any atom is -0.447 e. The second-order valence-electron chi connectivity index (χ2n) is 3.10. The molecule has 1 amide bonds. The van der Waals surface area contributed by atoms with E-state index in [1.165, 1.54) is 16.4 Å². The molecule has 6 heteroatoms. The van der Waals surface area contributed by atoms with E-state index in [-0.39, 0.29) is 6.09 Å². The Labute approximate surface area is 97.3 Å². The molecule has 0 unspecified atom stereocenters. The largest absolute Gasteiger partial charge is 0.447 e. The van der Waals surface area contributed by atoms with Crippen molar-refractivity contribution in [1.82, 2.24) is 4.31 Å². The maximum absolute atomic E-state index is 11.1. The monoisotopic (exact) mass is 235 g/mol. The molecule has 1 heterocycles. The molecule has 1 saturated heterocycles. The van der Waals surface area contributed by atoms with E-state index in [9.17, 15) is 4.79 Å². The first-order valence-electron chi connectivity index (χ1n) is 4.67. The van der Waals surface area contributed by atoms with Gasteiger partial charge in [-0.3, -0.25) is 0 Å². The first kappa shape index (κ1) is 10.6. The molecule has 0 atom stereocenters. The fourth-order valence-corrected chi connectivity index (χ4v) is 1.83. The number of rotatable bonds is 3. The molecule has 16 heavy (non-hydrogen) atoms. The number of ether oxygens (including phenoxy) is 1. The Balaban J connectivity index is 1.90. The van der Waals surface area contributed by atoms with Crippen LogP contribution in [-0.4, -0.2) is 23.6 Å². The van der Waals surface area contributed by atoms with E-state index in [0.29, 0.717) is 18.7 Å². The number of carbonyl (C=O) groups is 1. The summed E-state index contributed by atoms with van der Waals surface area (Å²) in [5.74, 6) is 0. The van der Waals surface area contributed by atoms with Gasteiger partial charge < -0.3 is 9.46 Å². The number of carbonyl (C=O) groups excluding carboxylic acids is 1. The van der Waals surface area contributed by atoms with Gasteiger partial charge in [0.15, 0.2) is 0 Å². The summed E-state index contributed by atoms with van der Waals surface area (Å²) in [5, 5.41) is 8.62. The molecule has 0 aliphatic carbocycles. The van der Waals surface area contributed by atoms with Gasteiger partial charge in [0.1, 0.15) is 6.61 Å². The van der Waals surface area contributed by atoms with E-state index in [1.54, 1.807) is 24.3 Å². The summed E-state index contributed by atoms with van der Waals surface area (Å²) in [6, 6.07) is 9.04. The van der Waals surface area contributed by atoms with Crippen LogP contribution in [0.5, 0.6) is 0 Å². The quantitative estimate of drug-likeness (QED) is 0.811. The number of cyclic esters (lactones) is 1. The number of benzene rings is 1. The average Bonchev–Trinajstić information content (AvgIpc) is 2.73. The van der Waals surface area contributed by atoms with Crippen molar-refractivity contribution in [3.63, 3.8) is 0 Å². The highest BCUT2D eigenvalue weighted by Gasteiger charge is 2.22. The highest BCUT2D eigenvalue weighted by atomic mass is 32.2. The first-order chi connectivity index (χ1) is 7.79. The number of nitrogens with zero attached hydrogens (tertiary/aromatic N) is 2. The fourth-order valence-electron chi connectivity index (χ4n) is 1.18. The average molecular weight is 235 g/mol. The van der Waals surface area contributed by atoms with Crippen LogP contribution >= 0.6 is 12.1 Å². The summed E-state index contributed by atoms with van der Waals surface area (Å²) < 4.78 is 9.27. The van der Waals surface area contributed by atoms with Crippen LogP contribution in [0.1, 0.15) is 5.56 Å². The summed E-state index contributed by atoms with van der Waals surface area (Å²) in [7, 11) is 0. The van der Waals surface area contributed by atoms with Gasteiger partial charge in [-0.1, -0.05) is 0 Å². The van der Waals surface area contributed by atoms with Crippen molar-refractivity contribution in [3.05, 3.63) is 29.8 Å². The number of nitriles is 1. The van der Waals surface area contributed by atoms with Crippen LogP contribution in [0.25, 0.3) is 0 Å². The van der Waals surface area contributed by atoms with Gasteiger partial charge >= 0.3 is 6.09 Å². The maximum atomic E-state index is 11.1. The van der Waals surface area contributed by atoms with E-state index >= 15 is 0 Å². The van der Waals surface area contributed by atoms with Crippen molar-refractivity contribution in [1.29, 1.82) is 5.26 Å². The number of anilines is 1. The lowest BCUT2D eigenvalue weighted by Crippen LogP contribution is -2.17. The normalized spacial score (nSPS) is 14.4. The molecule has 1 aliphatic rings. The molecular formula is C10H9N3O2S. The molecule has 1 aliphatic heterocycles. The fraction of sp³-hybridized carbons (Fsp3) is 0.200. The van der Waals surface area contributed by atoms with Gasteiger partial charge in [-0.25, -0.2) is 9.10 Å². The Morgan fingerprint density at radius 1 is 1.44 bits per heavy atom. The SMILES string of the molecule is N#Cc1ccc(NSN2CCOC2=O)cc1. The van der Waals surface area contributed by atoms with Gasteiger partial charge in [-0.05, 0) is 24.3 Å². The molecule has 1 fully saturated rings. The molecular weight excluding hydrogens is 226 g/mol. The van der Waals surface area contributed by atoms with Crippen molar-refractivity contribution in [2.24, 2.45) is 0 Å². The highest BCUT2D eigenvalue weighted by molar-refractivity contribution is 7.98. The van der Waals surface area contributed by atoms with Crippen LogP contribution in [0.2, 0.25) is 0 Å². The molecule has 0 aromatic heterocycles. The lowest BCUT2D eigenvalue weighted by Gasteiger charge is -2.11. The molecule has 0 radical (unpaired) electrons. The number of amides is 1. The molecule has 1 N–H and O–H groups in total. The Bertz CT molecular complexity index is 427. The molecule has 0 saturated carbocycles. The van der Waals surface area contributed by atoms with Crippen molar-refractivity contribution in [2.45, 2.75) is 0 Å². The van der Waals surface area contributed by atoms with Crippen molar-refractivity contribution in [3.8, 4) is 6.07 Å². The third kappa shape index (κ3) is 2.38. The predicted octanol–water partition coefficient (Wildman–Crippen LogP) is 1.99. The molecule has 5 nitrogen and oxygen atoms in total. The Morgan fingerprint density at radius 3 is 2.75 bits per heavy atom. The zero-order valence-electron chi connectivity index (χ0n) is 8.34. The van der Waals surface area contributed by atoms with Crippen LogP contribution in [-0.2, 0) is 4.74 Å². The Hall–Kier alpha value is -1.87. The van der Waals surface area contributed by atoms with Gasteiger partial charge in [0.05, 0.1) is 30.3 Å². The van der Waals surface area contributed by atoms with Gasteiger partial charge in [-0.15, -0.1) is 0 Å². The summed E-state index contributed by atoms with van der Waals surface area (Å²) in [4.78, 5) is 11.1. The van der Waals surface area contributed by atoms with E-state index in [2.05, 4.69) is 4.72 Å². The van der Waals surface area contributed by atoms with E-state index in [0.717, 1.165) is 5.69 Å². The topological polar surface area (TPSA) is 65.4 Å². The second kappa shape index (κ2) is 4.77. The molecule has 82 valence electrons. The lowest BCUT2D eigenvalue weighted by atomic mass is 10.2. The van der Waals surface area contributed by atoms with Crippen molar-refractivity contribution >= 4 is 23.9 Å². The van der Waals surface area contributed by atoms with Crippen molar-refractivity contribution in [2.75, 3.05) is 17.9 Å². The van der Waals surface area contributed by atoms with Gasteiger partial charge in [0.25, 0.3) is 0 Å². The van der Waals surface area contributed by atoms with E-state index in [1.807, 2.05) is 6.07 Å². The van der Waals surface area contributed by atoms with Crippen molar-refractivity contribution < 1.29 is 9.53 Å². The smallest absolute Gasteiger partial charge is 0.421 e. The summed E-state index contributed by atoms with van der Waals surface area (Å²) >= 11 is 1.18. The minimum atomic E-state index is -0.328. The second-order valence-corrected chi connectivity index (χ2v) is 3.93. The number of nitrogens with one attached hydrogen (secondary N) is 1. The predicted molar refractivity (Wildman–Crippen MR) is 60.4 cm³/mol. The van der Waals surface area contributed by atoms with Gasteiger partial charge in [0, 0.05) is 5.69 Å². The van der Waals surface area contributed by atoms with Gasteiger partial charge in [0.2, 0.25) is 0 Å². The zero-order valence-corrected chi connectivity index (χ0v) is 9.16. The molecule has 1 aromatic rings. The zero-order chi connectivity index (χ0) is 11.4. The van der Waals surface area contributed by atoms with Gasteiger partial charge in [-0.2, -0.15) is 5.26 Å². The van der Waals surface area contributed by atoms with E-state index in [4.69, 9.17) is 10.00 Å². The molecule has 2 rings (SSSR count). The van der Waals surface area contributed by atoms with Crippen LogP contribution in [0.15, 0.2) is 24.3 Å². The molecule has 1 aromatic carbocycles. The first-order valence-corrected chi connectivity index (χ1v) is 5.44. The highest BCUT2D eigenvalue weighted by Crippen LogP contribution is 2.19. The van der Waals surface area contributed by atoms with Crippen LogP contribution in [0.3, 0.4) is 0 Å². The summed E-state index contributed by atoms with van der Waals surface area (Å²) in [6.07, 6.45) is -0.328. The van der Waals surface area contributed by atoms with Crippen LogP contribution < -0.4 is 4.72 Å². The lowest BCUT2D eigenvalue weighted by molar-refractivity contribution is 0.171. The summed E-state index contributed by atoms with van der Waals surface area (Å²) in [6.45, 7) is 1.01. The third-order valence-corrected chi connectivity index (χ3v) is 2.89. The summed E-state index contributed by atoms with van der Waals surface area (Å²) in [5.41, 5.74) is 1.44. The molecule has 0 bridgehead atoms. The third-order valence-electron chi connectivity index (χ3n) is 2.01. The van der Waals surface area contributed by atoms with Crippen LogP contribution in [0.4, 0.5) is 10.5 Å². The van der Waals surface area contributed by atoms with Crippen LogP contribution in [0, 0.1) is 11.3 Å².